The summed E-state index contributed by atoms with van der Waals surface area (Å²) >= 11 is 0. The van der Waals surface area contributed by atoms with E-state index >= 15 is 0 Å². The third-order valence-electron chi connectivity index (χ3n) is 1.61. The maximum atomic E-state index is 11.2. The molecule has 6 nitrogen and oxygen atoms in total. The van der Waals surface area contributed by atoms with Gasteiger partial charge in [-0.15, -0.1) is 0 Å². The number of hydrogen-bond donors (Lipinski definition) is 1. The summed E-state index contributed by atoms with van der Waals surface area (Å²) in [6.45, 7) is 6.91. The van der Waals surface area contributed by atoms with Gasteiger partial charge in [-0.25, -0.2) is 9.68 Å². The lowest BCUT2D eigenvalue weighted by molar-refractivity contribution is -0.407. The van der Waals surface area contributed by atoms with E-state index in [1.54, 1.807) is 0 Å². The first-order chi connectivity index (χ1) is 7.87. The zero-order valence-electron chi connectivity index (χ0n) is 10.9. The Kier molecular flexibility index (Phi) is 7.86. The Balaban J connectivity index is 3.78. The highest BCUT2D eigenvalue weighted by Crippen LogP contribution is 2.13. The van der Waals surface area contributed by atoms with Crippen LogP contribution in [0.2, 0.25) is 0 Å². The minimum atomic E-state index is -1.22. The first kappa shape index (κ1) is 16.1. The van der Waals surface area contributed by atoms with Gasteiger partial charge in [0.05, 0.1) is 12.7 Å². The standard InChI is InChI=1S/C11H22O6/c1-5-6-7-15-17-11(3,4)16-10(13)14-8-9(2)12/h9,12H,5-8H2,1-4H3. The molecule has 0 radical (unpaired) electrons. The highest BCUT2D eigenvalue weighted by atomic mass is 17.2. The Morgan fingerprint density at radius 1 is 1.41 bits per heavy atom. The van der Waals surface area contributed by atoms with Crippen LogP contribution in [-0.4, -0.2) is 36.4 Å². The summed E-state index contributed by atoms with van der Waals surface area (Å²) < 4.78 is 9.47. The molecule has 102 valence electrons. The summed E-state index contributed by atoms with van der Waals surface area (Å²) in [6, 6.07) is 0. The molecule has 0 aromatic carbocycles. The first-order valence-electron chi connectivity index (χ1n) is 5.72. The minimum Gasteiger partial charge on any atom is -0.431 e. The fourth-order valence-electron chi connectivity index (χ4n) is 0.823. The SMILES string of the molecule is CCCCOOC(C)(C)OC(=O)OCC(C)O. The van der Waals surface area contributed by atoms with Crippen LogP contribution in [0.15, 0.2) is 0 Å². The highest BCUT2D eigenvalue weighted by molar-refractivity contribution is 5.60. The van der Waals surface area contributed by atoms with Crippen LogP contribution in [-0.2, 0) is 19.2 Å². The predicted octanol–water partition coefficient (Wildman–Crippen LogP) is 2.00. The first-order valence-corrected chi connectivity index (χ1v) is 5.72. The molecular formula is C11H22O6. The van der Waals surface area contributed by atoms with E-state index in [0.29, 0.717) is 6.61 Å². The van der Waals surface area contributed by atoms with Gasteiger partial charge in [-0.1, -0.05) is 13.3 Å². The van der Waals surface area contributed by atoms with Crippen molar-refractivity contribution in [1.82, 2.24) is 0 Å². The van der Waals surface area contributed by atoms with E-state index < -0.39 is 18.0 Å². The molecule has 0 fully saturated rings. The van der Waals surface area contributed by atoms with Gasteiger partial charge in [0.15, 0.2) is 0 Å². The maximum absolute atomic E-state index is 11.2. The van der Waals surface area contributed by atoms with E-state index in [0.717, 1.165) is 12.8 Å². The Bertz CT molecular complexity index is 214. The summed E-state index contributed by atoms with van der Waals surface area (Å²) in [7, 11) is 0. The Hall–Kier alpha value is -0.850. The van der Waals surface area contributed by atoms with Gasteiger partial charge in [-0.2, -0.15) is 4.89 Å². The molecule has 0 amide bonds. The molecule has 0 saturated carbocycles. The normalized spacial score (nSPS) is 13.2. The molecule has 0 aliphatic carbocycles. The van der Waals surface area contributed by atoms with Gasteiger partial charge in [0, 0.05) is 13.8 Å². The van der Waals surface area contributed by atoms with Gasteiger partial charge in [-0.3, -0.25) is 0 Å². The smallest absolute Gasteiger partial charge is 0.431 e. The zero-order valence-corrected chi connectivity index (χ0v) is 10.9. The quantitative estimate of drug-likeness (QED) is 0.233. The summed E-state index contributed by atoms with van der Waals surface area (Å²) in [5.74, 6) is -1.22. The van der Waals surface area contributed by atoms with Crippen LogP contribution >= 0.6 is 0 Å². The fourth-order valence-corrected chi connectivity index (χ4v) is 0.823. The number of carbonyl (C=O) groups excluding carboxylic acids is 1. The third kappa shape index (κ3) is 10.0. The molecule has 0 bridgehead atoms. The van der Waals surface area contributed by atoms with E-state index in [2.05, 4.69) is 4.74 Å². The highest BCUT2D eigenvalue weighted by Gasteiger charge is 2.26. The van der Waals surface area contributed by atoms with Gasteiger partial charge in [0.1, 0.15) is 6.61 Å². The average molecular weight is 250 g/mol. The van der Waals surface area contributed by atoms with E-state index in [1.807, 2.05) is 6.92 Å². The molecule has 0 saturated heterocycles. The molecule has 0 aromatic heterocycles. The van der Waals surface area contributed by atoms with E-state index in [9.17, 15) is 4.79 Å². The van der Waals surface area contributed by atoms with Gasteiger partial charge in [0.25, 0.3) is 0 Å². The molecule has 0 aliphatic rings. The molecular weight excluding hydrogens is 228 g/mol. The van der Waals surface area contributed by atoms with Crippen LogP contribution in [0.5, 0.6) is 0 Å². The molecule has 0 aromatic rings. The van der Waals surface area contributed by atoms with E-state index in [-0.39, 0.29) is 6.61 Å². The van der Waals surface area contributed by atoms with Crippen LogP contribution in [0.25, 0.3) is 0 Å². The second-order valence-electron chi connectivity index (χ2n) is 4.17. The van der Waals surface area contributed by atoms with Crippen molar-refractivity contribution in [3.63, 3.8) is 0 Å². The molecule has 1 N–H and O–H groups in total. The van der Waals surface area contributed by atoms with Crippen molar-refractivity contribution in [1.29, 1.82) is 0 Å². The number of rotatable bonds is 8. The lowest BCUT2D eigenvalue weighted by Crippen LogP contribution is -2.32. The topological polar surface area (TPSA) is 74.2 Å². The van der Waals surface area contributed by atoms with Gasteiger partial charge >= 0.3 is 6.16 Å². The van der Waals surface area contributed by atoms with Crippen LogP contribution in [0.4, 0.5) is 4.79 Å². The van der Waals surface area contributed by atoms with Crippen molar-refractivity contribution >= 4 is 6.16 Å². The van der Waals surface area contributed by atoms with Crippen LogP contribution in [0.3, 0.4) is 0 Å². The molecule has 0 aliphatic heterocycles. The molecule has 1 atom stereocenters. The number of unbranched alkanes of at least 4 members (excludes halogenated alkanes) is 1. The minimum absolute atomic E-state index is 0.119. The maximum Gasteiger partial charge on any atom is 0.510 e. The molecule has 6 heteroatoms. The Morgan fingerprint density at radius 3 is 2.59 bits per heavy atom. The summed E-state index contributed by atoms with van der Waals surface area (Å²) in [4.78, 5) is 21.0. The Morgan fingerprint density at radius 2 is 2.06 bits per heavy atom. The average Bonchev–Trinajstić information content (AvgIpc) is 2.21. The largest absolute Gasteiger partial charge is 0.510 e. The zero-order chi connectivity index (χ0) is 13.3. The van der Waals surface area contributed by atoms with Crippen LogP contribution in [0.1, 0.15) is 40.5 Å². The molecule has 0 spiro atoms. The second kappa shape index (κ2) is 8.27. The predicted molar refractivity (Wildman–Crippen MR) is 60.1 cm³/mol. The van der Waals surface area contributed by atoms with Crippen LogP contribution < -0.4 is 0 Å². The van der Waals surface area contributed by atoms with E-state index in [4.69, 9.17) is 19.6 Å². The van der Waals surface area contributed by atoms with Gasteiger partial charge in [-0.05, 0) is 13.3 Å². The summed E-state index contributed by atoms with van der Waals surface area (Å²) in [6.07, 6.45) is 0.214. The number of aliphatic hydroxyl groups is 1. The van der Waals surface area contributed by atoms with Crippen molar-refractivity contribution in [2.45, 2.75) is 52.4 Å². The lowest BCUT2D eigenvalue weighted by atomic mass is 10.4. The third-order valence-corrected chi connectivity index (χ3v) is 1.61. The van der Waals surface area contributed by atoms with E-state index in [1.165, 1.54) is 20.8 Å². The van der Waals surface area contributed by atoms with Crippen molar-refractivity contribution in [3.8, 4) is 0 Å². The Labute approximate surface area is 102 Å². The number of hydrogen-bond acceptors (Lipinski definition) is 6. The fraction of sp³-hybridized carbons (Fsp3) is 0.909. The van der Waals surface area contributed by atoms with Crippen molar-refractivity contribution in [2.75, 3.05) is 13.2 Å². The monoisotopic (exact) mass is 250 g/mol. The van der Waals surface area contributed by atoms with Gasteiger partial charge in [0.2, 0.25) is 5.79 Å². The van der Waals surface area contributed by atoms with Crippen molar-refractivity contribution in [3.05, 3.63) is 0 Å². The second-order valence-corrected chi connectivity index (χ2v) is 4.17. The molecule has 0 heterocycles. The van der Waals surface area contributed by atoms with Crippen LogP contribution in [0, 0.1) is 0 Å². The molecule has 17 heavy (non-hydrogen) atoms. The van der Waals surface area contributed by atoms with Crippen molar-refractivity contribution < 1.29 is 29.1 Å². The summed E-state index contributed by atoms with van der Waals surface area (Å²) in [5, 5.41) is 8.91. The summed E-state index contributed by atoms with van der Waals surface area (Å²) in [5.41, 5.74) is 0. The molecule has 0 rings (SSSR count). The molecule has 1 unspecified atom stereocenters. The number of carbonyl (C=O) groups is 1. The number of aliphatic hydroxyl groups excluding tert-OH is 1. The van der Waals surface area contributed by atoms with Crippen molar-refractivity contribution in [2.24, 2.45) is 0 Å². The lowest BCUT2D eigenvalue weighted by Gasteiger charge is -2.23. The van der Waals surface area contributed by atoms with Gasteiger partial charge < -0.3 is 14.6 Å². The number of ether oxygens (including phenoxy) is 2.